The fraction of sp³-hybridized carbons (Fsp3) is 0.636. The van der Waals surface area contributed by atoms with E-state index in [1.807, 2.05) is 41.5 Å². The first-order valence-corrected chi connectivity index (χ1v) is 10.6. The van der Waals surface area contributed by atoms with Crippen molar-refractivity contribution in [2.75, 3.05) is 31.9 Å². The predicted octanol–water partition coefficient (Wildman–Crippen LogP) is 3.74. The SMILES string of the molecule is CCC(OC(=O)c1cc(N)cc(C(=O)OC(CC)N(CC)CC)c1)N(CC)CC. The Labute approximate surface area is 175 Å². The van der Waals surface area contributed by atoms with Crippen LogP contribution in [-0.4, -0.2) is 60.4 Å². The summed E-state index contributed by atoms with van der Waals surface area (Å²) in [7, 11) is 0. The van der Waals surface area contributed by atoms with Gasteiger partial charge >= 0.3 is 11.9 Å². The minimum absolute atomic E-state index is 0.249. The minimum Gasteiger partial charge on any atom is -0.443 e. The lowest BCUT2D eigenvalue weighted by molar-refractivity contribution is -0.0308. The molecule has 0 radical (unpaired) electrons. The van der Waals surface area contributed by atoms with E-state index in [9.17, 15) is 9.59 Å². The molecule has 2 N–H and O–H groups in total. The lowest BCUT2D eigenvalue weighted by Crippen LogP contribution is -2.38. The Morgan fingerprint density at radius 2 is 1.10 bits per heavy atom. The molecule has 1 aromatic rings. The molecule has 0 aliphatic heterocycles. The van der Waals surface area contributed by atoms with Crippen LogP contribution in [0.4, 0.5) is 5.69 Å². The summed E-state index contributed by atoms with van der Waals surface area (Å²) in [5.41, 5.74) is 6.76. The van der Waals surface area contributed by atoms with E-state index in [1.165, 1.54) is 18.2 Å². The van der Waals surface area contributed by atoms with Gasteiger partial charge in [0.15, 0.2) is 12.5 Å². The molecule has 7 heteroatoms. The number of nitrogens with two attached hydrogens (primary N) is 1. The van der Waals surface area contributed by atoms with Crippen molar-refractivity contribution in [3.8, 4) is 0 Å². The lowest BCUT2D eigenvalue weighted by Gasteiger charge is -2.28. The number of nitrogens with zero attached hydrogens (tertiary/aromatic N) is 2. The van der Waals surface area contributed by atoms with Crippen LogP contribution in [-0.2, 0) is 9.47 Å². The fourth-order valence-corrected chi connectivity index (χ4v) is 3.36. The van der Waals surface area contributed by atoms with Crippen molar-refractivity contribution in [1.29, 1.82) is 0 Å². The number of esters is 2. The summed E-state index contributed by atoms with van der Waals surface area (Å²) in [5.74, 6) is -0.998. The zero-order chi connectivity index (χ0) is 22.0. The van der Waals surface area contributed by atoms with Crippen molar-refractivity contribution < 1.29 is 19.1 Å². The minimum atomic E-state index is -0.499. The first-order valence-electron chi connectivity index (χ1n) is 10.6. The van der Waals surface area contributed by atoms with Crippen LogP contribution in [0, 0.1) is 0 Å². The van der Waals surface area contributed by atoms with Gasteiger partial charge in [0, 0.05) is 5.69 Å². The molecule has 7 nitrogen and oxygen atoms in total. The van der Waals surface area contributed by atoms with Crippen LogP contribution in [0.1, 0.15) is 75.1 Å². The molecule has 0 aliphatic carbocycles. The van der Waals surface area contributed by atoms with Gasteiger partial charge in [-0.15, -0.1) is 0 Å². The van der Waals surface area contributed by atoms with Gasteiger partial charge in [-0.05, 0) is 57.2 Å². The number of carbonyl (C=O) groups is 2. The van der Waals surface area contributed by atoms with Gasteiger partial charge in [0.1, 0.15) is 0 Å². The number of hydrogen-bond donors (Lipinski definition) is 1. The Morgan fingerprint density at radius 3 is 1.38 bits per heavy atom. The van der Waals surface area contributed by atoms with Crippen molar-refractivity contribution in [1.82, 2.24) is 9.80 Å². The molecule has 0 aromatic heterocycles. The number of ether oxygens (including phenoxy) is 2. The average Bonchev–Trinajstić information content (AvgIpc) is 2.72. The summed E-state index contributed by atoms with van der Waals surface area (Å²) in [6.07, 6.45) is 0.710. The summed E-state index contributed by atoms with van der Waals surface area (Å²) < 4.78 is 11.3. The van der Waals surface area contributed by atoms with Crippen LogP contribution in [0.25, 0.3) is 0 Å². The number of benzene rings is 1. The van der Waals surface area contributed by atoms with Crippen LogP contribution in [0.15, 0.2) is 18.2 Å². The summed E-state index contributed by atoms with van der Waals surface area (Å²) in [6.45, 7) is 15.1. The van der Waals surface area contributed by atoms with Crippen molar-refractivity contribution in [2.45, 2.75) is 66.8 Å². The highest BCUT2D eigenvalue weighted by molar-refractivity contribution is 5.97. The van der Waals surface area contributed by atoms with Gasteiger partial charge in [-0.25, -0.2) is 9.59 Å². The van der Waals surface area contributed by atoms with E-state index in [4.69, 9.17) is 15.2 Å². The van der Waals surface area contributed by atoms with Gasteiger partial charge in [0.05, 0.1) is 11.1 Å². The second kappa shape index (κ2) is 12.4. The van der Waals surface area contributed by atoms with Crippen LogP contribution < -0.4 is 5.73 Å². The third-order valence-electron chi connectivity index (χ3n) is 5.05. The number of rotatable bonds is 12. The zero-order valence-corrected chi connectivity index (χ0v) is 18.7. The highest BCUT2D eigenvalue weighted by Gasteiger charge is 2.23. The summed E-state index contributed by atoms with van der Waals surface area (Å²) in [4.78, 5) is 29.5. The quantitative estimate of drug-likeness (QED) is 0.321. The second-order valence-electron chi connectivity index (χ2n) is 6.82. The monoisotopic (exact) mass is 407 g/mol. The molecular weight excluding hydrogens is 370 g/mol. The molecule has 0 heterocycles. The lowest BCUT2D eigenvalue weighted by atomic mass is 10.1. The van der Waals surface area contributed by atoms with Crippen LogP contribution in [0.5, 0.6) is 0 Å². The number of anilines is 1. The van der Waals surface area contributed by atoms with E-state index >= 15 is 0 Å². The Balaban J connectivity index is 3.01. The van der Waals surface area contributed by atoms with Crippen molar-refractivity contribution in [3.63, 3.8) is 0 Å². The first-order chi connectivity index (χ1) is 13.8. The molecule has 1 rings (SSSR count). The fourth-order valence-electron chi connectivity index (χ4n) is 3.36. The van der Waals surface area contributed by atoms with Crippen LogP contribution in [0.3, 0.4) is 0 Å². The third kappa shape index (κ3) is 7.01. The number of hydrogen-bond acceptors (Lipinski definition) is 7. The average molecular weight is 408 g/mol. The molecule has 29 heavy (non-hydrogen) atoms. The van der Waals surface area contributed by atoms with Gasteiger partial charge in [0.2, 0.25) is 0 Å². The maximum absolute atomic E-state index is 12.7. The number of nitrogen functional groups attached to an aromatic ring is 1. The molecule has 0 saturated carbocycles. The molecule has 0 amide bonds. The van der Waals surface area contributed by atoms with E-state index in [-0.39, 0.29) is 23.6 Å². The molecule has 0 fully saturated rings. The van der Waals surface area contributed by atoms with E-state index in [0.29, 0.717) is 18.5 Å². The van der Waals surface area contributed by atoms with E-state index in [1.54, 1.807) is 0 Å². The van der Waals surface area contributed by atoms with Crippen molar-refractivity contribution in [2.24, 2.45) is 0 Å². The zero-order valence-electron chi connectivity index (χ0n) is 18.7. The molecule has 0 spiro atoms. The standard InChI is InChI=1S/C22H37N3O4/c1-7-19(24(9-3)10-4)28-21(26)16-13-17(15-18(23)14-16)22(27)29-20(8-2)25(11-5)12-6/h13-15,19-20H,7-12,23H2,1-6H3. The second-order valence-corrected chi connectivity index (χ2v) is 6.82. The maximum atomic E-state index is 12.7. The highest BCUT2D eigenvalue weighted by atomic mass is 16.6. The topological polar surface area (TPSA) is 85.1 Å². The van der Waals surface area contributed by atoms with Gasteiger partial charge < -0.3 is 15.2 Å². The Kier molecular flexibility index (Phi) is 10.7. The molecule has 0 bridgehead atoms. The first kappa shape index (κ1) is 24.9. The summed E-state index contributed by atoms with van der Waals surface area (Å²) in [5, 5.41) is 0. The van der Waals surface area contributed by atoms with Crippen molar-refractivity contribution >= 4 is 17.6 Å². The number of carbonyl (C=O) groups excluding carboxylic acids is 2. The molecule has 164 valence electrons. The Morgan fingerprint density at radius 1 is 0.759 bits per heavy atom. The van der Waals surface area contributed by atoms with Gasteiger partial charge in [-0.2, -0.15) is 0 Å². The third-order valence-corrected chi connectivity index (χ3v) is 5.05. The largest absolute Gasteiger partial charge is 0.443 e. The van der Waals surface area contributed by atoms with E-state index in [2.05, 4.69) is 9.80 Å². The molecule has 1 aromatic carbocycles. The maximum Gasteiger partial charge on any atom is 0.339 e. The predicted molar refractivity (Wildman–Crippen MR) is 116 cm³/mol. The normalized spacial score (nSPS) is 13.4. The molecule has 0 saturated heterocycles. The molecule has 2 atom stereocenters. The van der Waals surface area contributed by atoms with E-state index in [0.717, 1.165) is 26.2 Å². The van der Waals surface area contributed by atoms with Crippen molar-refractivity contribution in [3.05, 3.63) is 29.3 Å². The van der Waals surface area contributed by atoms with Crippen LogP contribution in [0.2, 0.25) is 0 Å². The highest BCUT2D eigenvalue weighted by Crippen LogP contribution is 2.18. The summed E-state index contributed by atoms with van der Waals surface area (Å²) >= 11 is 0. The molecule has 0 aliphatic rings. The smallest absolute Gasteiger partial charge is 0.339 e. The van der Waals surface area contributed by atoms with E-state index < -0.39 is 11.9 Å². The van der Waals surface area contributed by atoms with Gasteiger partial charge in [-0.1, -0.05) is 41.5 Å². The summed E-state index contributed by atoms with van der Waals surface area (Å²) in [6, 6.07) is 4.54. The van der Waals surface area contributed by atoms with Crippen LogP contribution >= 0.6 is 0 Å². The molecule has 2 unspecified atom stereocenters. The molecular formula is C22H37N3O4. The van der Waals surface area contributed by atoms with Gasteiger partial charge in [0.25, 0.3) is 0 Å². The van der Waals surface area contributed by atoms with Gasteiger partial charge in [-0.3, -0.25) is 9.80 Å². The Hall–Kier alpha value is -2.12. The Bertz CT molecular complexity index is 605.